The van der Waals surface area contributed by atoms with E-state index in [-0.39, 0.29) is 5.82 Å². The molecule has 0 bridgehead atoms. The van der Waals surface area contributed by atoms with Crippen LogP contribution in [0.15, 0.2) is 69.6 Å². The zero-order valence-electron chi connectivity index (χ0n) is 16.2. The Balaban J connectivity index is 1.92. The number of nitriles is 1. The van der Waals surface area contributed by atoms with Crippen LogP contribution in [-0.2, 0) is 6.61 Å². The molecule has 3 rings (SSSR count). The molecule has 0 aromatic heterocycles. The predicted octanol–water partition coefficient (Wildman–Crippen LogP) is 7.39. The molecule has 30 heavy (non-hydrogen) atoms. The van der Waals surface area contributed by atoms with E-state index >= 15 is 0 Å². The Morgan fingerprint density at radius 1 is 1.03 bits per heavy atom. The molecule has 0 N–H and O–H groups in total. The van der Waals surface area contributed by atoms with Crippen LogP contribution in [0.1, 0.15) is 23.6 Å². The lowest BCUT2D eigenvalue weighted by Gasteiger charge is -2.14. The van der Waals surface area contributed by atoms with Crippen LogP contribution in [-0.4, -0.2) is 6.61 Å². The maximum atomic E-state index is 13.6. The van der Waals surface area contributed by atoms with Crippen molar-refractivity contribution in [3.8, 4) is 17.6 Å². The van der Waals surface area contributed by atoms with Gasteiger partial charge in [0.05, 0.1) is 18.2 Å². The van der Waals surface area contributed by atoms with E-state index in [0.29, 0.717) is 35.8 Å². The van der Waals surface area contributed by atoms with Crippen molar-refractivity contribution in [1.29, 1.82) is 5.26 Å². The lowest BCUT2D eigenvalue weighted by atomic mass is 10.0. The van der Waals surface area contributed by atoms with Crippen molar-refractivity contribution >= 4 is 43.5 Å². The third-order valence-electron chi connectivity index (χ3n) is 4.23. The second-order valence-electron chi connectivity index (χ2n) is 6.35. The van der Waals surface area contributed by atoms with Gasteiger partial charge in [0.15, 0.2) is 11.5 Å². The first-order valence-electron chi connectivity index (χ1n) is 9.21. The van der Waals surface area contributed by atoms with E-state index in [0.717, 1.165) is 20.1 Å². The van der Waals surface area contributed by atoms with Gasteiger partial charge in [-0.15, -0.1) is 0 Å². The zero-order valence-corrected chi connectivity index (χ0v) is 19.3. The van der Waals surface area contributed by atoms with Crippen LogP contribution in [0.5, 0.6) is 11.5 Å². The van der Waals surface area contributed by atoms with Crippen LogP contribution in [0.2, 0.25) is 0 Å². The fraction of sp³-hybridized carbons (Fsp3) is 0.125. The number of hydrogen-bond donors (Lipinski definition) is 0. The lowest BCUT2D eigenvalue weighted by Crippen LogP contribution is -2.00. The Kier molecular flexibility index (Phi) is 7.67. The molecule has 0 saturated carbocycles. The number of allylic oxidation sites excluding steroid dienone is 1. The van der Waals surface area contributed by atoms with Gasteiger partial charge < -0.3 is 9.47 Å². The summed E-state index contributed by atoms with van der Waals surface area (Å²) in [5.74, 6) is 0.771. The maximum absolute atomic E-state index is 13.6. The Hall–Kier alpha value is -2.62. The predicted molar refractivity (Wildman–Crippen MR) is 124 cm³/mol. The van der Waals surface area contributed by atoms with Gasteiger partial charge in [0.2, 0.25) is 0 Å². The van der Waals surface area contributed by atoms with Crippen molar-refractivity contribution in [1.82, 2.24) is 0 Å². The standard InChI is InChI=1S/C24H18Br2FNO2/c1-2-29-23-12-18(10-19(14-28)17-4-3-5-21(27)11-17)22(26)13-24(23)30-15-16-6-8-20(25)9-7-16/h3-13H,2,15H2,1H3/b19-10-. The zero-order chi connectivity index (χ0) is 21.5. The molecule has 0 spiro atoms. The van der Waals surface area contributed by atoms with E-state index in [2.05, 4.69) is 37.9 Å². The van der Waals surface area contributed by atoms with Gasteiger partial charge in [-0.3, -0.25) is 0 Å². The van der Waals surface area contributed by atoms with E-state index in [9.17, 15) is 9.65 Å². The summed E-state index contributed by atoms with van der Waals surface area (Å²) in [7, 11) is 0. The molecule has 0 radical (unpaired) electrons. The minimum atomic E-state index is -0.389. The molecule has 3 aromatic carbocycles. The first-order chi connectivity index (χ1) is 14.5. The van der Waals surface area contributed by atoms with Crippen molar-refractivity contribution in [2.45, 2.75) is 13.5 Å². The van der Waals surface area contributed by atoms with E-state index < -0.39 is 0 Å². The molecule has 0 aliphatic carbocycles. The molecule has 0 unspecified atom stereocenters. The first kappa shape index (κ1) is 22.1. The van der Waals surface area contributed by atoms with Crippen LogP contribution in [0.25, 0.3) is 11.6 Å². The highest BCUT2D eigenvalue weighted by Gasteiger charge is 2.12. The van der Waals surface area contributed by atoms with E-state index in [1.54, 1.807) is 24.3 Å². The van der Waals surface area contributed by atoms with Gasteiger partial charge in [-0.25, -0.2) is 4.39 Å². The fourth-order valence-electron chi connectivity index (χ4n) is 2.78. The topological polar surface area (TPSA) is 42.2 Å². The number of ether oxygens (including phenoxy) is 2. The minimum Gasteiger partial charge on any atom is -0.490 e. The van der Waals surface area contributed by atoms with Gasteiger partial charge in [0.1, 0.15) is 12.4 Å². The SMILES string of the molecule is CCOc1cc(/C=C(/C#N)c2cccc(F)c2)c(Br)cc1OCc1ccc(Br)cc1. The van der Waals surface area contributed by atoms with Gasteiger partial charge in [-0.05, 0) is 66.1 Å². The molecule has 3 nitrogen and oxygen atoms in total. The maximum Gasteiger partial charge on any atom is 0.162 e. The summed E-state index contributed by atoms with van der Waals surface area (Å²) >= 11 is 6.96. The number of rotatable bonds is 7. The molecule has 0 fully saturated rings. The smallest absolute Gasteiger partial charge is 0.162 e. The summed E-state index contributed by atoms with van der Waals surface area (Å²) in [5, 5.41) is 9.56. The Morgan fingerprint density at radius 2 is 1.77 bits per heavy atom. The van der Waals surface area contributed by atoms with Gasteiger partial charge in [-0.2, -0.15) is 5.26 Å². The van der Waals surface area contributed by atoms with Crippen LogP contribution in [0.4, 0.5) is 4.39 Å². The average Bonchev–Trinajstić information content (AvgIpc) is 2.74. The van der Waals surface area contributed by atoms with E-state index in [1.165, 1.54) is 12.1 Å². The van der Waals surface area contributed by atoms with E-state index in [4.69, 9.17) is 9.47 Å². The lowest BCUT2D eigenvalue weighted by molar-refractivity contribution is 0.269. The van der Waals surface area contributed by atoms with Gasteiger partial charge in [0, 0.05) is 8.95 Å². The third kappa shape index (κ3) is 5.71. The number of benzene rings is 3. The molecule has 0 aliphatic heterocycles. The summed E-state index contributed by atoms with van der Waals surface area (Å²) in [4.78, 5) is 0. The van der Waals surface area contributed by atoms with Crippen LogP contribution in [0.3, 0.4) is 0 Å². The second kappa shape index (κ2) is 10.4. The molecule has 0 aliphatic rings. The molecule has 6 heteroatoms. The summed E-state index contributed by atoms with van der Waals surface area (Å²) < 4.78 is 27.0. The van der Waals surface area contributed by atoms with Crippen molar-refractivity contribution in [2.24, 2.45) is 0 Å². The van der Waals surface area contributed by atoms with Crippen LogP contribution in [0, 0.1) is 17.1 Å². The normalized spacial score (nSPS) is 11.1. The highest BCUT2D eigenvalue weighted by molar-refractivity contribution is 9.10. The van der Waals surface area contributed by atoms with Crippen molar-refractivity contribution in [3.63, 3.8) is 0 Å². The Labute approximate surface area is 192 Å². The summed E-state index contributed by atoms with van der Waals surface area (Å²) in [6.07, 6.45) is 1.69. The van der Waals surface area contributed by atoms with E-state index in [1.807, 2.05) is 37.3 Å². The summed E-state index contributed by atoms with van der Waals surface area (Å²) in [6, 6.07) is 19.6. The summed E-state index contributed by atoms with van der Waals surface area (Å²) in [6.45, 7) is 2.75. The molecule has 0 amide bonds. The molecule has 152 valence electrons. The van der Waals surface area contributed by atoms with Crippen molar-refractivity contribution in [2.75, 3.05) is 6.61 Å². The molecule has 0 atom stereocenters. The van der Waals surface area contributed by atoms with Gasteiger partial charge in [0.25, 0.3) is 0 Å². The van der Waals surface area contributed by atoms with Gasteiger partial charge in [-0.1, -0.05) is 56.1 Å². The second-order valence-corrected chi connectivity index (χ2v) is 8.12. The van der Waals surface area contributed by atoms with Crippen molar-refractivity contribution in [3.05, 3.63) is 92.1 Å². The highest BCUT2D eigenvalue weighted by Crippen LogP contribution is 2.36. The average molecular weight is 531 g/mol. The Bertz CT molecular complexity index is 1110. The monoisotopic (exact) mass is 529 g/mol. The largest absolute Gasteiger partial charge is 0.490 e. The van der Waals surface area contributed by atoms with Crippen LogP contribution >= 0.6 is 31.9 Å². The number of nitrogens with zero attached hydrogens (tertiary/aromatic N) is 1. The highest BCUT2D eigenvalue weighted by atomic mass is 79.9. The molecule has 0 saturated heterocycles. The minimum absolute atomic E-state index is 0.348. The quantitative estimate of drug-likeness (QED) is 0.236. The summed E-state index contributed by atoms with van der Waals surface area (Å²) in [5.41, 5.74) is 2.62. The third-order valence-corrected chi connectivity index (χ3v) is 5.44. The number of hydrogen-bond acceptors (Lipinski definition) is 3. The van der Waals surface area contributed by atoms with Crippen LogP contribution < -0.4 is 9.47 Å². The fourth-order valence-corrected chi connectivity index (χ4v) is 3.48. The number of halogens is 3. The molecular weight excluding hydrogens is 513 g/mol. The Morgan fingerprint density at radius 3 is 2.43 bits per heavy atom. The van der Waals surface area contributed by atoms with Gasteiger partial charge >= 0.3 is 0 Å². The molecule has 3 aromatic rings. The van der Waals surface area contributed by atoms with Crippen molar-refractivity contribution < 1.29 is 13.9 Å². The first-order valence-corrected chi connectivity index (χ1v) is 10.8. The molecular formula is C24H18Br2FNO2. The molecule has 0 heterocycles.